The predicted molar refractivity (Wildman–Crippen MR) is 102 cm³/mol. The molecule has 15 heteroatoms. The van der Waals surface area contributed by atoms with Crippen LogP contribution in [0, 0.1) is 0 Å². The molecule has 0 spiro atoms. The van der Waals surface area contributed by atoms with Gasteiger partial charge in [0.25, 0.3) is 11.5 Å². The molecule has 0 radical (unpaired) electrons. The van der Waals surface area contributed by atoms with E-state index in [2.05, 4.69) is 26.0 Å². The van der Waals surface area contributed by atoms with Crippen LogP contribution in [0.3, 0.4) is 0 Å². The molecule has 0 saturated heterocycles. The van der Waals surface area contributed by atoms with Crippen molar-refractivity contribution in [2.24, 2.45) is 7.05 Å². The largest absolute Gasteiger partial charge is 0.416 e. The molecule has 0 saturated carbocycles. The Morgan fingerprint density at radius 1 is 1.00 bits per heavy atom. The van der Waals surface area contributed by atoms with Gasteiger partial charge in [0.15, 0.2) is 11.6 Å². The molecule has 2 aromatic heterocycles. The number of aromatic nitrogens is 5. The lowest BCUT2D eigenvalue weighted by Gasteiger charge is -2.13. The highest BCUT2D eigenvalue weighted by Gasteiger charge is 2.37. The van der Waals surface area contributed by atoms with Crippen molar-refractivity contribution in [2.75, 3.05) is 5.43 Å². The van der Waals surface area contributed by atoms with Crippen LogP contribution in [0.15, 0.2) is 47.5 Å². The van der Waals surface area contributed by atoms with Crippen LogP contribution < -0.4 is 16.4 Å². The van der Waals surface area contributed by atoms with E-state index in [1.165, 1.54) is 19.2 Å². The minimum atomic E-state index is -5.01. The Labute approximate surface area is 180 Å². The first-order valence-corrected chi connectivity index (χ1v) is 8.82. The molecular weight excluding hydrogens is 460 g/mol. The molecule has 33 heavy (non-hydrogen) atoms. The molecule has 3 rings (SSSR count). The maximum Gasteiger partial charge on any atom is 0.416 e. The molecule has 2 N–H and O–H groups in total. The second-order valence-corrected chi connectivity index (χ2v) is 6.45. The van der Waals surface area contributed by atoms with Crippen molar-refractivity contribution in [3.8, 4) is 11.4 Å². The average Bonchev–Trinajstić information content (AvgIpc) is 3.20. The zero-order valence-corrected chi connectivity index (χ0v) is 16.4. The first-order chi connectivity index (χ1) is 15.3. The molecule has 0 aliphatic rings. The Morgan fingerprint density at radius 3 is 2.21 bits per heavy atom. The standard InChI is InChI=1S/C18H13F6N7O2/c1-30-15(33)3-2-13(28-30)26-27-14(32)4-5-31-9-25-16(29-31)10-6-11(17(19,20)21)8-12(7-10)18(22,23)24/h2-9H,1H3,(H,26,28)(H,27,32)/b5-4-. The number of hydrogen-bond acceptors (Lipinski definition) is 6. The van der Waals surface area contributed by atoms with Crippen LogP contribution in [0.5, 0.6) is 0 Å². The summed E-state index contributed by atoms with van der Waals surface area (Å²) in [4.78, 5) is 26.8. The van der Waals surface area contributed by atoms with Gasteiger partial charge in [-0.2, -0.15) is 31.4 Å². The van der Waals surface area contributed by atoms with Crippen LogP contribution in [-0.4, -0.2) is 30.5 Å². The first-order valence-electron chi connectivity index (χ1n) is 8.82. The Morgan fingerprint density at radius 2 is 1.64 bits per heavy atom. The molecule has 0 atom stereocenters. The Bertz CT molecular complexity index is 1230. The fourth-order valence-electron chi connectivity index (χ4n) is 2.44. The lowest BCUT2D eigenvalue weighted by Crippen LogP contribution is -2.30. The number of alkyl halides is 6. The summed E-state index contributed by atoms with van der Waals surface area (Å²) in [7, 11) is 1.40. The van der Waals surface area contributed by atoms with Crippen LogP contribution in [0.4, 0.5) is 32.2 Å². The van der Waals surface area contributed by atoms with E-state index in [0.29, 0.717) is 12.1 Å². The van der Waals surface area contributed by atoms with Gasteiger partial charge >= 0.3 is 12.4 Å². The van der Waals surface area contributed by atoms with Crippen molar-refractivity contribution in [1.82, 2.24) is 30.0 Å². The maximum absolute atomic E-state index is 13.0. The number of hydrogen-bond donors (Lipinski definition) is 2. The normalized spacial score (nSPS) is 12.2. The molecule has 0 unspecified atom stereocenters. The van der Waals surface area contributed by atoms with Gasteiger partial charge in [0.1, 0.15) is 6.33 Å². The number of carbonyl (C=O) groups excluding carboxylic acids is 1. The second-order valence-electron chi connectivity index (χ2n) is 6.45. The van der Waals surface area contributed by atoms with E-state index in [9.17, 15) is 35.9 Å². The molecule has 0 aliphatic heterocycles. The molecule has 0 bridgehead atoms. The topological polar surface area (TPSA) is 107 Å². The molecule has 174 valence electrons. The van der Waals surface area contributed by atoms with Gasteiger partial charge in [0, 0.05) is 31.0 Å². The molecule has 0 aliphatic carbocycles. The SMILES string of the molecule is Cn1nc(NNC(=O)/C=C\n2cnc(-c3cc(C(F)(F)F)cc(C(F)(F)F)c3)n2)ccc1=O. The van der Waals surface area contributed by atoms with Gasteiger partial charge in [-0.05, 0) is 24.3 Å². The fourth-order valence-corrected chi connectivity index (χ4v) is 2.44. The third-order valence-corrected chi connectivity index (χ3v) is 4.01. The van der Waals surface area contributed by atoms with E-state index >= 15 is 0 Å². The molecule has 9 nitrogen and oxygen atoms in total. The van der Waals surface area contributed by atoms with Crippen molar-refractivity contribution >= 4 is 17.9 Å². The highest BCUT2D eigenvalue weighted by Crippen LogP contribution is 2.38. The van der Waals surface area contributed by atoms with E-state index < -0.39 is 40.8 Å². The molecule has 1 aromatic carbocycles. The highest BCUT2D eigenvalue weighted by atomic mass is 19.4. The van der Waals surface area contributed by atoms with Crippen molar-refractivity contribution in [3.63, 3.8) is 0 Å². The van der Waals surface area contributed by atoms with E-state index in [-0.39, 0.29) is 17.4 Å². The summed E-state index contributed by atoms with van der Waals surface area (Å²) in [6, 6.07) is 3.52. The third kappa shape index (κ3) is 5.96. The Balaban J connectivity index is 1.75. The van der Waals surface area contributed by atoms with E-state index in [4.69, 9.17) is 0 Å². The van der Waals surface area contributed by atoms with Crippen LogP contribution in [0.25, 0.3) is 17.6 Å². The smallest absolute Gasteiger partial charge is 0.280 e. The number of anilines is 1. The summed E-state index contributed by atoms with van der Waals surface area (Å²) in [6.07, 6.45) is -7.00. The monoisotopic (exact) mass is 473 g/mol. The predicted octanol–water partition coefficient (Wildman–Crippen LogP) is 2.69. The summed E-state index contributed by atoms with van der Waals surface area (Å²) in [6.45, 7) is 0. The quantitative estimate of drug-likeness (QED) is 0.335. The minimum absolute atomic E-state index is 0.00278. The number of aryl methyl sites for hydroxylation is 1. The number of halogens is 6. The van der Waals surface area contributed by atoms with Gasteiger partial charge in [-0.1, -0.05) is 0 Å². The summed E-state index contributed by atoms with van der Waals surface area (Å²) < 4.78 is 80.0. The number of nitrogens with zero attached hydrogens (tertiary/aromatic N) is 5. The van der Waals surface area contributed by atoms with Gasteiger partial charge in [-0.15, -0.1) is 5.10 Å². The number of carbonyl (C=O) groups is 1. The van der Waals surface area contributed by atoms with Gasteiger partial charge in [-0.3, -0.25) is 20.4 Å². The van der Waals surface area contributed by atoms with Crippen LogP contribution in [-0.2, 0) is 24.2 Å². The van der Waals surface area contributed by atoms with E-state index in [1.54, 1.807) is 0 Å². The van der Waals surface area contributed by atoms with E-state index in [0.717, 1.165) is 28.0 Å². The Kier molecular flexibility index (Phi) is 6.23. The van der Waals surface area contributed by atoms with E-state index in [1.807, 2.05) is 0 Å². The zero-order valence-electron chi connectivity index (χ0n) is 16.4. The van der Waals surface area contributed by atoms with Gasteiger partial charge in [-0.25, -0.2) is 14.3 Å². The molecule has 0 fully saturated rings. The van der Waals surface area contributed by atoms with Gasteiger partial charge < -0.3 is 0 Å². The van der Waals surface area contributed by atoms with Crippen molar-refractivity contribution < 1.29 is 31.1 Å². The van der Waals surface area contributed by atoms with Gasteiger partial charge in [0.05, 0.1) is 11.1 Å². The highest BCUT2D eigenvalue weighted by molar-refractivity contribution is 5.90. The lowest BCUT2D eigenvalue weighted by molar-refractivity contribution is -0.143. The lowest BCUT2D eigenvalue weighted by atomic mass is 10.0. The Hall–Kier alpha value is -4.17. The van der Waals surface area contributed by atoms with Crippen molar-refractivity contribution in [1.29, 1.82) is 0 Å². The number of rotatable bonds is 5. The second kappa shape index (κ2) is 8.76. The van der Waals surface area contributed by atoms with Crippen LogP contribution in [0.1, 0.15) is 11.1 Å². The number of hydrazine groups is 1. The average molecular weight is 473 g/mol. The number of benzene rings is 1. The van der Waals surface area contributed by atoms with Crippen molar-refractivity contribution in [2.45, 2.75) is 12.4 Å². The maximum atomic E-state index is 13.0. The molecular formula is C18H13F6N7O2. The number of amides is 1. The molecule has 2 heterocycles. The van der Waals surface area contributed by atoms with Crippen molar-refractivity contribution in [3.05, 3.63) is 64.2 Å². The molecule has 3 aromatic rings. The van der Waals surface area contributed by atoms with Crippen LogP contribution >= 0.6 is 0 Å². The zero-order chi connectivity index (χ0) is 24.4. The number of nitrogens with one attached hydrogen (secondary N) is 2. The summed E-state index contributed by atoms with van der Waals surface area (Å²) in [5.74, 6) is -0.961. The summed E-state index contributed by atoms with van der Waals surface area (Å²) in [5.41, 5.74) is 0.804. The summed E-state index contributed by atoms with van der Waals surface area (Å²) >= 11 is 0. The van der Waals surface area contributed by atoms with Gasteiger partial charge in [0.2, 0.25) is 0 Å². The fraction of sp³-hybridized carbons (Fsp3) is 0.167. The molecule has 1 amide bonds. The van der Waals surface area contributed by atoms with Crippen LogP contribution in [0.2, 0.25) is 0 Å². The minimum Gasteiger partial charge on any atom is -0.280 e. The first kappa shape index (κ1) is 23.5. The summed E-state index contributed by atoms with van der Waals surface area (Å²) in [5, 5.41) is 7.59. The third-order valence-electron chi connectivity index (χ3n) is 4.01.